The summed E-state index contributed by atoms with van der Waals surface area (Å²) in [5, 5.41) is 6.28. The van der Waals surface area contributed by atoms with Gasteiger partial charge in [-0.15, -0.1) is 8.78 Å². The molecule has 0 radical (unpaired) electrons. The van der Waals surface area contributed by atoms with Gasteiger partial charge < -0.3 is 24.8 Å². The molecule has 5 rings (SSSR count). The molecule has 1 aromatic heterocycles. The van der Waals surface area contributed by atoms with Crippen LogP contribution in [0.1, 0.15) is 18.4 Å². The van der Waals surface area contributed by atoms with E-state index in [2.05, 4.69) is 25.1 Å². The van der Waals surface area contributed by atoms with Crippen molar-refractivity contribution in [1.82, 2.24) is 4.98 Å². The van der Waals surface area contributed by atoms with E-state index in [0.717, 1.165) is 43.2 Å². The molecule has 2 aliphatic rings. The van der Waals surface area contributed by atoms with E-state index in [0.29, 0.717) is 17.3 Å². The SMILES string of the molecule is O=C(N(c1ccc2c(c1)OC(F)(F)O2)c1ccccc1NCc1ccnc(NCC2CCCO2)c1)C(F)(F)F. The molecule has 206 valence electrons. The highest BCUT2D eigenvalue weighted by Crippen LogP contribution is 2.45. The summed E-state index contributed by atoms with van der Waals surface area (Å²) in [7, 11) is 0. The first kappa shape index (κ1) is 26.5. The number of fused-ring (bicyclic) bond motifs is 1. The standard InChI is InChI=1S/C26H23F5N4O4/c27-25(28,29)24(36)35(17-7-8-21-22(13-17)39-26(30,31)38-21)20-6-2-1-5-19(20)33-14-16-9-10-32-23(12-16)34-15-18-4-3-11-37-18/h1-2,5-10,12-13,18,33H,3-4,11,14-15H2,(H,32,34). The number of ether oxygens (including phenoxy) is 3. The summed E-state index contributed by atoms with van der Waals surface area (Å²) in [5.74, 6) is -2.46. The Morgan fingerprint density at radius 2 is 1.85 bits per heavy atom. The first-order chi connectivity index (χ1) is 18.6. The maximum atomic E-state index is 13.7. The molecule has 1 unspecified atom stereocenters. The second-order valence-electron chi connectivity index (χ2n) is 8.87. The van der Waals surface area contributed by atoms with Crippen LogP contribution >= 0.6 is 0 Å². The summed E-state index contributed by atoms with van der Waals surface area (Å²) >= 11 is 0. The van der Waals surface area contributed by atoms with Crippen LogP contribution in [-0.2, 0) is 16.1 Å². The average Bonchev–Trinajstić information content (AvgIpc) is 3.52. The van der Waals surface area contributed by atoms with Gasteiger partial charge in [0.1, 0.15) is 5.82 Å². The van der Waals surface area contributed by atoms with Gasteiger partial charge in [-0.2, -0.15) is 13.2 Å². The third-order valence-electron chi connectivity index (χ3n) is 6.08. The number of hydrogen-bond donors (Lipinski definition) is 2. The molecule has 1 fully saturated rings. The lowest BCUT2D eigenvalue weighted by Gasteiger charge is -2.26. The smallest absolute Gasteiger partial charge is 0.395 e. The number of amides is 1. The van der Waals surface area contributed by atoms with E-state index in [1.54, 1.807) is 24.4 Å². The molecular formula is C26H23F5N4O4. The highest BCUT2D eigenvalue weighted by atomic mass is 19.4. The van der Waals surface area contributed by atoms with Gasteiger partial charge in [-0.05, 0) is 54.8 Å². The van der Waals surface area contributed by atoms with E-state index in [-0.39, 0.29) is 35.5 Å². The van der Waals surface area contributed by atoms with Crippen molar-refractivity contribution < 1.29 is 41.0 Å². The Morgan fingerprint density at radius 1 is 1.05 bits per heavy atom. The van der Waals surface area contributed by atoms with Gasteiger partial charge in [-0.1, -0.05) is 12.1 Å². The fraction of sp³-hybridized carbons (Fsp3) is 0.308. The number of anilines is 4. The van der Waals surface area contributed by atoms with Gasteiger partial charge in [0, 0.05) is 32.0 Å². The van der Waals surface area contributed by atoms with E-state index < -0.39 is 24.1 Å². The Hall–Kier alpha value is -4.13. The zero-order chi connectivity index (χ0) is 27.6. The number of alkyl halides is 5. The van der Waals surface area contributed by atoms with Gasteiger partial charge in [0.05, 0.1) is 23.2 Å². The first-order valence-electron chi connectivity index (χ1n) is 12.0. The summed E-state index contributed by atoms with van der Waals surface area (Å²) in [6, 6.07) is 12.4. The van der Waals surface area contributed by atoms with Crippen molar-refractivity contribution in [3.63, 3.8) is 0 Å². The summed E-state index contributed by atoms with van der Waals surface area (Å²) < 4.78 is 82.3. The van der Waals surface area contributed by atoms with Crippen LogP contribution in [0.15, 0.2) is 60.8 Å². The molecule has 8 nitrogen and oxygen atoms in total. The molecule has 1 atom stereocenters. The number of benzene rings is 2. The van der Waals surface area contributed by atoms with E-state index >= 15 is 0 Å². The van der Waals surface area contributed by atoms with Gasteiger partial charge >= 0.3 is 18.4 Å². The van der Waals surface area contributed by atoms with Gasteiger partial charge in [0.2, 0.25) is 0 Å². The predicted octanol–water partition coefficient (Wildman–Crippen LogP) is 5.83. The molecule has 1 amide bonds. The lowest BCUT2D eigenvalue weighted by molar-refractivity contribution is -0.286. The minimum Gasteiger partial charge on any atom is -0.395 e. The average molecular weight is 550 g/mol. The molecule has 39 heavy (non-hydrogen) atoms. The van der Waals surface area contributed by atoms with Crippen molar-refractivity contribution in [3.8, 4) is 11.5 Å². The first-order valence-corrected chi connectivity index (χ1v) is 12.0. The molecule has 0 bridgehead atoms. The number of nitrogens with zero attached hydrogens (tertiary/aromatic N) is 2. The van der Waals surface area contributed by atoms with Crippen LogP contribution in [0.4, 0.5) is 44.8 Å². The molecule has 0 spiro atoms. The molecule has 2 aliphatic heterocycles. The molecule has 1 saturated heterocycles. The van der Waals surface area contributed by atoms with E-state index in [1.165, 1.54) is 18.2 Å². The normalized spacial score (nSPS) is 17.6. The van der Waals surface area contributed by atoms with Crippen molar-refractivity contribution in [2.24, 2.45) is 0 Å². The minimum absolute atomic E-state index is 0.111. The lowest BCUT2D eigenvalue weighted by atomic mass is 10.1. The van der Waals surface area contributed by atoms with E-state index in [1.807, 2.05) is 0 Å². The quantitative estimate of drug-likeness (QED) is 0.341. The van der Waals surface area contributed by atoms with Crippen LogP contribution in [0.2, 0.25) is 0 Å². The number of aromatic nitrogens is 1. The van der Waals surface area contributed by atoms with Crippen molar-refractivity contribution >= 4 is 28.8 Å². The molecule has 13 heteroatoms. The number of carbonyl (C=O) groups excluding carboxylic acids is 1. The Labute approximate surface area is 219 Å². The lowest BCUT2D eigenvalue weighted by Crippen LogP contribution is -2.38. The van der Waals surface area contributed by atoms with Crippen molar-refractivity contribution in [2.75, 3.05) is 28.7 Å². The third kappa shape index (κ3) is 6.14. The van der Waals surface area contributed by atoms with Crippen molar-refractivity contribution in [3.05, 3.63) is 66.4 Å². The summed E-state index contributed by atoms with van der Waals surface area (Å²) in [6.07, 6.45) is -5.55. The number of pyridine rings is 1. The summed E-state index contributed by atoms with van der Waals surface area (Å²) in [6.45, 7) is 1.52. The Kier molecular flexibility index (Phi) is 7.17. The van der Waals surface area contributed by atoms with E-state index in [4.69, 9.17) is 4.74 Å². The molecule has 0 saturated carbocycles. The van der Waals surface area contributed by atoms with Crippen LogP contribution in [0, 0.1) is 0 Å². The maximum absolute atomic E-state index is 13.7. The minimum atomic E-state index is -5.26. The van der Waals surface area contributed by atoms with Crippen LogP contribution in [-0.4, -0.2) is 42.6 Å². The monoisotopic (exact) mass is 550 g/mol. The van der Waals surface area contributed by atoms with Crippen molar-refractivity contribution in [1.29, 1.82) is 0 Å². The van der Waals surface area contributed by atoms with E-state index in [9.17, 15) is 26.7 Å². The number of para-hydroxylation sites is 2. The number of halogens is 5. The molecular weight excluding hydrogens is 527 g/mol. The molecule has 2 N–H and O–H groups in total. The van der Waals surface area contributed by atoms with Crippen LogP contribution in [0.5, 0.6) is 11.5 Å². The fourth-order valence-electron chi connectivity index (χ4n) is 4.29. The second kappa shape index (κ2) is 10.6. The summed E-state index contributed by atoms with van der Waals surface area (Å²) in [5.41, 5.74) is 0.491. The third-order valence-corrected chi connectivity index (χ3v) is 6.08. The number of nitrogens with one attached hydrogen (secondary N) is 2. The number of rotatable bonds is 8. The Morgan fingerprint density at radius 3 is 2.62 bits per heavy atom. The molecule has 3 aromatic rings. The predicted molar refractivity (Wildman–Crippen MR) is 131 cm³/mol. The number of hydrogen-bond acceptors (Lipinski definition) is 7. The topological polar surface area (TPSA) is 85.0 Å². The molecule has 3 heterocycles. The second-order valence-corrected chi connectivity index (χ2v) is 8.87. The van der Waals surface area contributed by atoms with Crippen molar-refractivity contribution in [2.45, 2.75) is 38.0 Å². The zero-order valence-electron chi connectivity index (χ0n) is 20.3. The zero-order valence-corrected chi connectivity index (χ0v) is 20.3. The highest BCUT2D eigenvalue weighted by Gasteiger charge is 2.46. The fourth-order valence-corrected chi connectivity index (χ4v) is 4.29. The largest absolute Gasteiger partial charge is 0.586 e. The molecule has 2 aromatic carbocycles. The van der Waals surface area contributed by atoms with Crippen LogP contribution in [0.3, 0.4) is 0 Å². The molecule has 0 aliphatic carbocycles. The van der Waals surface area contributed by atoms with Gasteiger partial charge in [-0.25, -0.2) is 4.98 Å². The number of carbonyl (C=O) groups is 1. The van der Waals surface area contributed by atoms with Crippen LogP contribution < -0.4 is 25.0 Å². The highest BCUT2D eigenvalue weighted by molar-refractivity contribution is 6.06. The maximum Gasteiger partial charge on any atom is 0.586 e. The van der Waals surface area contributed by atoms with Crippen LogP contribution in [0.25, 0.3) is 0 Å². The Bertz CT molecular complexity index is 1350. The summed E-state index contributed by atoms with van der Waals surface area (Å²) in [4.78, 5) is 17.2. The van der Waals surface area contributed by atoms with Gasteiger partial charge in [0.15, 0.2) is 11.5 Å². The Balaban J connectivity index is 1.39. The van der Waals surface area contributed by atoms with Gasteiger partial charge in [0.25, 0.3) is 0 Å². The van der Waals surface area contributed by atoms with Gasteiger partial charge in [-0.3, -0.25) is 9.69 Å².